The van der Waals surface area contributed by atoms with Crippen molar-refractivity contribution < 1.29 is 0 Å². The van der Waals surface area contributed by atoms with Crippen LogP contribution in [0, 0.1) is 13.8 Å². The highest BCUT2D eigenvalue weighted by molar-refractivity contribution is 5.46. The molecule has 0 spiro atoms. The van der Waals surface area contributed by atoms with Gasteiger partial charge in [0, 0.05) is 13.1 Å². The van der Waals surface area contributed by atoms with Gasteiger partial charge >= 0.3 is 0 Å². The van der Waals surface area contributed by atoms with Crippen LogP contribution in [0.25, 0.3) is 0 Å². The Kier molecular flexibility index (Phi) is 17.4. The molecule has 1 nitrogen and oxygen atoms in total. The average Bonchev–Trinajstić information content (AvgIpc) is 2.85. The number of hydrogen-bond acceptors (Lipinski definition) is 1. The Balaban J connectivity index is -0.000000395. The zero-order valence-corrected chi connectivity index (χ0v) is 15.9. The average molecular weight is 308 g/mol. The molecular weight excluding hydrogens is 266 g/mol. The van der Waals surface area contributed by atoms with E-state index in [0.717, 1.165) is 19.5 Å². The molecule has 1 aromatic rings. The van der Waals surface area contributed by atoms with Gasteiger partial charge < -0.3 is 0 Å². The molecule has 0 atom stereocenters. The van der Waals surface area contributed by atoms with Crippen LogP contribution in [0.2, 0.25) is 0 Å². The van der Waals surface area contributed by atoms with Gasteiger partial charge in [-0.3, -0.25) is 4.90 Å². The van der Waals surface area contributed by atoms with Crippen LogP contribution in [-0.4, -0.2) is 11.9 Å². The van der Waals surface area contributed by atoms with Gasteiger partial charge in [0.05, 0.1) is 0 Å². The normalized spacial score (nSPS) is 11.3. The van der Waals surface area contributed by atoms with Crippen LogP contribution in [0.15, 0.2) is 18.7 Å². The molecule has 0 amide bonds. The van der Waals surface area contributed by atoms with E-state index in [1.165, 1.54) is 11.1 Å². The van der Waals surface area contributed by atoms with Gasteiger partial charge in [0.25, 0.3) is 0 Å². The van der Waals surface area contributed by atoms with E-state index >= 15 is 0 Å². The van der Waals surface area contributed by atoms with Gasteiger partial charge in [-0.05, 0) is 62.1 Å². The lowest BCUT2D eigenvalue weighted by Gasteiger charge is -2.12. The lowest BCUT2D eigenvalue weighted by atomic mass is 9.93. The van der Waals surface area contributed by atoms with Crippen LogP contribution in [0.3, 0.4) is 0 Å². The second-order valence-electron chi connectivity index (χ2n) is 4.87. The molecule has 1 aliphatic heterocycles. The van der Waals surface area contributed by atoms with Crippen LogP contribution >= 0.6 is 0 Å². The zero-order chi connectivity index (χ0) is 17.0. The number of rotatable bonds is 1. The summed E-state index contributed by atoms with van der Waals surface area (Å²) in [4.78, 5) is 2.39. The molecule has 1 heteroatoms. The Morgan fingerprint density at radius 2 is 1.59 bits per heavy atom. The van der Waals surface area contributed by atoms with Crippen LogP contribution in [0.4, 0.5) is 0 Å². The summed E-state index contributed by atoms with van der Waals surface area (Å²) in [5.41, 5.74) is 7.68. The molecule has 0 fully saturated rings. The molecule has 1 aliphatic rings. The third kappa shape index (κ3) is 7.26. The fourth-order valence-corrected chi connectivity index (χ4v) is 2.68. The van der Waals surface area contributed by atoms with E-state index in [4.69, 9.17) is 0 Å². The van der Waals surface area contributed by atoms with Crippen molar-refractivity contribution in [2.75, 3.05) is 7.05 Å². The Bertz CT molecular complexity index is 405. The van der Waals surface area contributed by atoms with E-state index in [9.17, 15) is 0 Å². The van der Waals surface area contributed by atoms with Crippen LogP contribution in [-0.2, 0) is 19.5 Å². The van der Waals surface area contributed by atoms with E-state index in [-0.39, 0.29) is 7.43 Å². The van der Waals surface area contributed by atoms with Crippen molar-refractivity contribution in [2.24, 2.45) is 0 Å². The molecule has 22 heavy (non-hydrogen) atoms. The van der Waals surface area contributed by atoms with Gasteiger partial charge in [0.2, 0.25) is 0 Å². The maximum atomic E-state index is 3.36. The Morgan fingerprint density at radius 3 is 2.00 bits per heavy atom. The minimum absolute atomic E-state index is 0. The molecule has 130 valence electrons. The molecule has 0 unspecified atom stereocenters. The predicted octanol–water partition coefficient (Wildman–Crippen LogP) is 6.69. The van der Waals surface area contributed by atoms with E-state index < -0.39 is 0 Å². The number of aryl methyl sites for hydroxylation is 1. The maximum absolute atomic E-state index is 3.36. The third-order valence-electron chi connectivity index (χ3n) is 3.38. The number of fused-ring (bicyclic) bond motifs is 1. The van der Waals surface area contributed by atoms with E-state index in [1.807, 2.05) is 34.6 Å². The molecule has 0 radical (unpaired) electrons. The molecule has 0 saturated carbocycles. The summed E-state index contributed by atoms with van der Waals surface area (Å²) in [5.74, 6) is 0. The second-order valence-corrected chi connectivity index (χ2v) is 4.87. The Labute approximate surface area is 141 Å². The zero-order valence-electron chi connectivity index (χ0n) is 15.9. The predicted molar refractivity (Wildman–Crippen MR) is 106 cm³/mol. The van der Waals surface area contributed by atoms with Gasteiger partial charge in [-0.15, -0.1) is 6.58 Å². The second kappa shape index (κ2) is 14.8. The fraction of sp³-hybridized carbons (Fsp3) is 0.619. The first-order valence-electron chi connectivity index (χ1n) is 8.41. The summed E-state index contributed by atoms with van der Waals surface area (Å²) in [7, 11) is 2.19. The van der Waals surface area contributed by atoms with Crippen molar-refractivity contribution in [3.63, 3.8) is 0 Å². The Hall–Kier alpha value is -1.08. The van der Waals surface area contributed by atoms with Crippen molar-refractivity contribution in [3.8, 4) is 0 Å². The number of hydrogen-bond donors (Lipinski definition) is 0. The summed E-state index contributed by atoms with van der Waals surface area (Å²) in [6.07, 6.45) is 2.91. The lowest BCUT2D eigenvalue weighted by molar-refractivity contribution is 0.353. The van der Waals surface area contributed by atoms with Gasteiger partial charge in [0.1, 0.15) is 0 Å². The van der Waals surface area contributed by atoms with Gasteiger partial charge in [-0.25, -0.2) is 0 Å². The molecule has 0 aliphatic carbocycles. The summed E-state index contributed by atoms with van der Waals surface area (Å²) < 4.78 is 0. The highest BCUT2D eigenvalue weighted by Gasteiger charge is 2.19. The minimum atomic E-state index is 0. The smallest absolute Gasteiger partial charge is 0.0240 e. The molecule has 0 aromatic heterocycles. The fourth-order valence-electron chi connectivity index (χ4n) is 2.68. The first-order valence-corrected chi connectivity index (χ1v) is 8.41. The van der Waals surface area contributed by atoms with Crippen LogP contribution < -0.4 is 0 Å². The lowest BCUT2D eigenvalue weighted by Crippen LogP contribution is -2.07. The van der Waals surface area contributed by atoms with Crippen molar-refractivity contribution in [1.82, 2.24) is 4.90 Å². The SMILES string of the molecule is C.C=CC.CC.CC.CCc1c(C)cc2c(c1C)CN(C)C2. The summed E-state index contributed by atoms with van der Waals surface area (Å²) >= 11 is 0. The minimum Gasteiger partial charge on any atom is -0.298 e. The van der Waals surface area contributed by atoms with Gasteiger partial charge in [-0.2, -0.15) is 0 Å². The largest absolute Gasteiger partial charge is 0.298 e. The highest BCUT2D eigenvalue weighted by Crippen LogP contribution is 2.29. The number of allylic oxidation sites excluding steroid dienone is 1. The molecule has 0 N–H and O–H groups in total. The molecular formula is C21H41N. The van der Waals surface area contributed by atoms with Gasteiger partial charge in [-0.1, -0.05) is 54.2 Å². The maximum Gasteiger partial charge on any atom is 0.0240 e. The van der Waals surface area contributed by atoms with Gasteiger partial charge in [0.15, 0.2) is 0 Å². The third-order valence-corrected chi connectivity index (χ3v) is 3.38. The topological polar surface area (TPSA) is 3.24 Å². The first kappa shape index (κ1) is 25.9. The molecule has 2 rings (SSSR count). The first-order chi connectivity index (χ1) is 10.0. The van der Waals surface area contributed by atoms with Crippen molar-refractivity contribution >= 4 is 0 Å². The molecule has 0 saturated heterocycles. The van der Waals surface area contributed by atoms with Crippen molar-refractivity contribution in [1.29, 1.82) is 0 Å². The van der Waals surface area contributed by atoms with Crippen LogP contribution in [0.1, 0.15) is 76.8 Å². The summed E-state index contributed by atoms with van der Waals surface area (Å²) in [6, 6.07) is 2.38. The highest BCUT2D eigenvalue weighted by atomic mass is 15.1. The monoisotopic (exact) mass is 307 g/mol. The number of nitrogens with zero attached hydrogens (tertiary/aromatic N) is 1. The molecule has 1 aromatic carbocycles. The number of benzene rings is 1. The Morgan fingerprint density at radius 1 is 1.14 bits per heavy atom. The standard InChI is InChI=1S/C13H19N.C3H6.2C2H6.CH4/c1-5-12-9(2)6-11-7-14(4)8-13(11)10(12)3;1-3-2;2*1-2;/h6H,5,7-8H2,1-4H3;3H,1H2,2H3;2*1-2H3;1H4. The quantitative estimate of drug-likeness (QED) is 0.522. The van der Waals surface area contributed by atoms with E-state index in [1.54, 1.807) is 22.8 Å². The van der Waals surface area contributed by atoms with Crippen LogP contribution in [0.5, 0.6) is 0 Å². The molecule has 1 heterocycles. The van der Waals surface area contributed by atoms with E-state index in [2.05, 4.69) is 45.4 Å². The summed E-state index contributed by atoms with van der Waals surface area (Å²) in [6.45, 7) is 22.3. The van der Waals surface area contributed by atoms with Crippen molar-refractivity contribution in [2.45, 2.75) is 82.3 Å². The molecule has 0 bridgehead atoms. The summed E-state index contributed by atoms with van der Waals surface area (Å²) in [5, 5.41) is 0. The van der Waals surface area contributed by atoms with Crippen molar-refractivity contribution in [3.05, 3.63) is 46.5 Å². The van der Waals surface area contributed by atoms with E-state index in [0.29, 0.717) is 0 Å².